The number of nitrogens with zero attached hydrogens (tertiary/aromatic N) is 1. The Labute approximate surface area is 125 Å². The average molecular weight is 283 g/mol. The van der Waals surface area contributed by atoms with Crippen molar-refractivity contribution in [2.24, 2.45) is 5.92 Å². The van der Waals surface area contributed by atoms with Crippen LogP contribution in [0.3, 0.4) is 0 Å². The van der Waals surface area contributed by atoms with Gasteiger partial charge in [0, 0.05) is 18.0 Å². The first-order valence-electron chi connectivity index (χ1n) is 7.63. The van der Waals surface area contributed by atoms with Gasteiger partial charge in [-0.15, -0.1) is 0 Å². The maximum Gasteiger partial charge on any atom is 0.252 e. The lowest BCUT2D eigenvalue weighted by atomic mass is 10.1. The molecule has 4 nitrogen and oxygen atoms in total. The van der Waals surface area contributed by atoms with E-state index in [4.69, 9.17) is 0 Å². The summed E-state index contributed by atoms with van der Waals surface area (Å²) in [6.07, 6.45) is 2.10. The van der Waals surface area contributed by atoms with Crippen molar-refractivity contribution in [2.45, 2.75) is 32.7 Å². The van der Waals surface area contributed by atoms with Gasteiger partial charge >= 0.3 is 0 Å². The number of anilines is 1. The van der Waals surface area contributed by atoms with E-state index in [-0.39, 0.29) is 5.91 Å². The van der Waals surface area contributed by atoms with Crippen molar-refractivity contribution in [1.82, 2.24) is 10.3 Å². The molecule has 0 radical (unpaired) electrons. The first kappa shape index (κ1) is 13.9. The lowest BCUT2D eigenvalue weighted by Crippen LogP contribution is -2.27. The second-order valence-electron chi connectivity index (χ2n) is 5.79. The molecule has 1 aliphatic rings. The molecule has 21 heavy (non-hydrogen) atoms. The Hall–Kier alpha value is -2.10. The largest absolute Gasteiger partial charge is 0.370 e. The zero-order chi connectivity index (χ0) is 14.8. The number of carbonyl (C=O) groups excluding carboxylic acids is 1. The van der Waals surface area contributed by atoms with Crippen molar-refractivity contribution in [2.75, 3.05) is 11.9 Å². The summed E-state index contributed by atoms with van der Waals surface area (Å²) in [6.45, 7) is 5.12. The molecule has 2 N–H and O–H groups in total. The number of pyridine rings is 1. The van der Waals surface area contributed by atoms with Gasteiger partial charge in [-0.05, 0) is 30.9 Å². The zero-order valence-corrected chi connectivity index (χ0v) is 12.5. The topological polar surface area (TPSA) is 54.0 Å². The van der Waals surface area contributed by atoms with Crippen LogP contribution in [0, 0.1) is 5.92 Å². The molecule has 1 saturated carbocycles. The Morgan fingerprint density at radius 3 is 2.86 bits per heavy atom. The number of carbonyl (C=O) groups is 1. The number of rotatable bonds is 5. The fourth-order valence-electron chi connectivity index (χ4n) is 2.48. The zero-order valence-electron chi connectivity index (χ0n) is 12.5. The third-order valence-electron chi connectivity index (χ3n) is 3.94. The van der Waals surface area contributed by atoms with Gasteiger partial charge < -0.3 is 10.6 Å². The summed E-state index contributed by atoms with van der Waals surface area (Å²) in [7, 11) is 0. The number of nitrogens with one attached hydrogen (secondary N) is 2. The van der Waals surface area contributed by atoms with Crippen LogP contribution in [0.2, 0.25) is 0 Å². The lowest BCUT2D eigenvalue weighted by molar-refractivity contribution is 0.0951. The summed E-state index contributed by atoms with van der Waals surface area (Å²) >= 11 is 0. The number of fused-ring (bicyclic) bond motifs is 1. The van der Waals surface area contributed by atoms with Crippen LogP contribution in [0.1, 0.15) is 37.0 Å². The van der Waals surface area contributed by atoms with Crippen molar-refractivity contribution in [1.29, 1.82) is 0 Å². The second kappa shape index (κ2) is 5.72. The Bertz CT molecular complexity index is 668. The smallest absolute Gasteiger partial charge is 0.252 e. The molecule has 0 bridgehead atoms. The number of para-hydroxylation sites is 1. The van der Waals surface area contributed by atoms with Crippen LogP contribution in [0.25, 0.3) is 10.9 Å². The van der Waals surface area contributed by atoms with Crippen LogP contribution in [0.5, 0.6) is 0 Å². The molecule has 1 aromatic heterocycles. The van der Waals surface area contributed by atoms with Crippen LogP contribution in [0.4, 0.5) is 5.82 Å². The van der Waals surface area contributed by atoms with Gasteiger partial charge in [0.1, 0.15) is 5.82 Å². The van der Waals surface area contributed by atoms with Crippen LogP contribution < -0.4 is 10.6 Å². The van der Waals surface area contributed by atoms with E-state index >= 15 is 0 Å². The van der Waals surface area contributed by atoms with E-state index in [1.54, 1.807) is 0 Å². The minimum atomic E-state index is 0.00231. The molecule has 4 heteroatoms. The van der Waals surface area contributed by atoms with Gasteiger partial charge in [-0.1, -0.05) is 32.0 Å². The summed E-state index contributed by atoms with van der Waals surface area (Å²) in [4.78, 5) is 17.1. The van der Waals surface area contributed by atoms with Crippen LogP contribution in [-0.2, 0) is 0 Å². The van der Waals surface area contributed by atoms with Gasteiger partial charge in [-0.3, -0.25) is 4.79 Å². The quantitative estimate of drug-likeness (QED) is 0.886. The van der Waals surface area contributed by atoms with Gasteiger partial charge in [-0.25, -0.2) is 4.98 Å². The molecular formula is C17H21N3O. The molecule has 1 fully saturated rings. The van der Waals surface area contributed by atoms with Crippen molar-refractivity contribution in [3.8, 4) is 0 Å². The second-order valence-corrected chi connectivity index (χ2v) is 5.79. The fourth-order valence-corrected chi connectivity index (χ4v) is 2.48. The van der Waals surface area contributed by atoms with E-state index in [1.807, 2.05) is 30.3 Å². The van der Waals surface area contributed by atoms with Gasteiger partial charge in [0.15, 0.2) is 0 Å². The third-order valence-corrected chi connectivity index (χ3v) is 3.94. The van der Waals surface area contributed by atoms with Crippen molar-refractivity contribution >= 4 is 22.6 Å². The number of benzene rings is 1. The molecule has 0 aliphatic heterocycles. The summed E-state index contributed by atoms with van der Waals surface area (Å²) < 4.78 is 0. The number of aromatic nitrogens is 1. The first-order valence-corrected chi connectivity index (χ1v) is 7.63. The maximum absolute atomic E-state index is 12.5. The Morgan fingerprint density at radius 2 is 2.14 bits per heavy atom. The summed E-state index contributed by atoms with van der Waals surface area (Å²) in [5, 5.41) is 7.28. The summed E-state index contributed by atoms with van der Waals surface area (Å²) in [5.74, 6) is 1.37. The van der Waals surface area contributed by atoms with E-state index in [0.717, 1.165) is 36.1 Å². The predicted octanol–water partition coefficient (Wildman–Crippen LogP) is 3.19. The van der Waals surface area contributed by atoms with Crippen LogP contribution in [0.15, 0.2) is 30.3 Å². The van der Waals surface area contributed by atoms with Gasteiger partial charge in [0.05, 0.1) is 11.1 Å². The highest BCUT2D eigenvalue weighted by Crippen LogP contribution is 2.30. The molecule has 110 valence electrons. The van der Waals surface area contributed by atoms with E-state index in [0.29, 0.717) is 17.5 Å². The first-order chi connectivity index (χ1) is 10.2. The van der Waals surface area contributed by atoms with Crippen LogP contribution in [-0.4, -0.2) is 23.5 Å². The molecule has 2 unspecified atom stereocenters. The number of hydrogen-bond acceptors (Lipinski definition) is 3. The highest BCUT2D eigenvalue weighted by molar-refractivity contribution is 6.07. The van der Waals surface area contributed by atoms with E-state index in [9.17, 15) is 4.79 Å². The van der Waals surface area contributed by atoms with Gasteiger partial charge in [0.2, 0.25) is 0 Å². The molecule has 0 spiro atoms. The van der Waals surface area contributed by atoms with E-state index < -0.39 is 0 Å². The molecule has 1 aromatic carbocycles. The van der Waals surface area contributed by atoms with E-state index in [2.05, 4.69) is 29.5 Å². The van der Waals surface area contributed by atoms with Crippen molar-refractivity contribution in [3.05, 3.63) is 35.9 Å². The SMILES string of the molecule is CCCNc1cc(C(=O)NC2CC2C)c2ccccc2n1. The Kier molecular flexibility index (Phi) is 3.78. The third kappa shape index (κ3) is 2.99. The average Bonchev–Trinajstić information content (AvgIpc) is 3.19. The monoisotopic (exact) mass is 283 g/mol. The molecule has 1 heterocycles. The molecule has 1 amide bonds. The summed E-state index contributed by atoms with van der Waals surface area (Å²) in [6, 6.07) is 9.99. The number of amides is 1. The molecule has 3 rings (SSSR count). The molecule has 0 saturated heterocycles. The van der Waals surface area contributed by atoms with Gasteiger partial charge in [-0.2, -0.15) is 0 Å². The van der Waals surface area contributed by atoms with Crippen molar-refractivity contribution < 1.29 is 4.79 Å². The van der Waals surface area contributed by atoms with Crippen molar-refractivity contribution in [3.63, 3.8) is 0 Å². The minimum Gasteiger partial charge on any atom is -0.370 e. The fraction of sp³-hybridized carbons (Fsp3) is 0.412. The standard InChI is InChI=1S/C17H21N3O/c1-3-8-18-16-10-13(17(21)20-15-9-11(15)2)12-6-4-5-7-14(12)19-16/h4-7,10-11,15H,3,8-9H2,1-2H3,(H,18,19)(H,20,21). The minimum absolute atomic E-state index is 0.00231. The lowest BCUT2D eigenvalue weighted by Gasteiger charge is -2.11. The van der Waals surface area contributed by atoms with E-state index in [1.165, 1.54) is 0 Å². The molecule has 2 aromatic rings. The maximum atomic E-state index is 12.5. The Balaban J connectivity index is 1.95. The summed E-state index contributed by atoms with van der Waals surface area (Å²) in [5.41, 5.74) is 1.56. The highest BCUT2D eigenvalue weighted by Gasteiger charge is 2.34. The highest BCUT2D eigenvalue weighted by atomic mass is 16.1. The number of hydrogen-bond donors (Lipinski definition) is 2. The molecule has 1 aliphatic carbocycles. The van der Waals surface area contributed by atoms with Crippen LogP contribution >= 0.6 is 0 Å². The van der Waals surface area contributed by atoms with Gasteiger partial charge in [0.25, 0.3) is 5.91 Å². The molecular weight excluding hydrogens is 262 g/mol. The predicted molar refractivity (Wildman–Crippen MR) is 85.6 cm³/mol. The Morgan fingerprint density at radius 1 is 1.38 bits per heavy atom. The normalized spacial score (nSPS) is 20.3. The molecule has 2 atom stereocenters.